The van der Waals surface area contributed by atoms with Gasteiger partial charge in [-0.25, -0.2) is 4.39 Å². The lowest BCUT2D eigenvalue weighted by molar-refractivity contribution is 0.0975. The second kappa shape index (κ2) is 6.49. The molecule has 2 amide bonds. The van der Waals surface area contributed by atoms with Crippen LogP contribution in [-0.4, -0.2) is 21.6 Å². The Hall–Kier alpha value is -3.68. The van der Waals surface area contributed by atoms with Gasteiger partial charge in [-0.2, -0.15) is 5.10 Å². The number of carbonyl (C=O) groups is 2. The number of carbonyl (C=O) groups excluding carboxylic acids is 2. The highest BCUT2D eigenvalue weighted by Crippen LogP contribution is 2.37. The first-order chi connectivity index (χ1) is 13.4. The molecule has 1 aromatic heterocycles. The van der Waals surface area contributed by atoms with Crippen LogP contribution in [0.15, 0.2) is 42.5 Å². The third-order valence-corrected chi connectivity index (χ3v) is 4.84. The van der Waals surface area contributed by atoms with Gasteiger partial charge in [0.05, 0.1) is 29.2 Å². The summed E-state index contributed by atoms with van der Waals surface area (Å²) in [5.74, 6) is -1.28. The number of benzene rings is 2. The summed E-state index contributed by atoms with van der Waals surface area (Å²) in [6.07, 6.45) is 0. The van der Waals surface area contributed by atoms with E-state index < -0.39 is 17.6 Å². The molecule has 2 aromatic carbocycles. The maximum Gasteiger partial charge on any atom is 0.261 e. The number of primary amides is 1. The van der Waals surface area contributed by atoms with Gasteiger partial charge in [-0.05, 0) is 37.3 Å². The van der Waals surface area contributed by atoms with Crippen LogP contribution in [-0.2, 0) is 13.6 Å². The molecule has 0 atom stereocenters. The lowest BCUT2D eigenvalue weighted by atomic mass is 10.1. The van der Waals surface area contributed by atoms with Crippen molar-refractivity contribution in [3.05, 3.63) is 70.7 Å². The zero-order valence-corrected chi connectivity index (χ0v) is 15.4. The molecule has 2 heterocycles. The number of nitrogens with one attached hydrogen (secondary N) is 1. The maximum absolute atomic E-state index is 14.6. The minimum absolute atomic E-state index is 0.0115. The summed E-state index contributed by atoms with van der Waals surface area (Å²) in [7, 11) is 1.82. The predicted octanol–water partition coefficient (Wildman–Crippen LogP) is 2.87. The van der Waals surface area contributed by atoms with E-state index in [0.29, 0.717) is 11.4 Å². The first kappa shape index (κ1) is 17.7. The molecule has 0 aliphatic carbocycles. The number of fused-ring (bicyclic) bond motifs is 2. The molecule has 0 bridgehead atoms. The van der Waals surface area contributed by atoms with E-state index >= 15 is 0 Å². The van der Waals surface area contributed by atoms with Gasteiger partial charge >= 0.3 is 0 Å². The van der Waals surface area contributed by atoms with Gasteiger partial charge in [0.15, 0.2) is 0 Å². The summed E-state index contributed by atoms with van der Waals surface area (Å²) >= 11 is 0. The van der Waals surface area contributed by atoms with E-state index in [2.05, 4.69) is 10.4 Å². The zero-order chi connectivity index (χ0) is 20.0. The number of rotatable bonds is 2. The van der Waals surface area contributed by atoms with Crippen molar-refractivity contribution < 1.29 is 14.0 Å². The highest BCUT2D eigenvalue weighted by molar-refractivity contribution is 6.09. The number of nitrogens with zero attached hydrogens (tertiary/aromatic N) is 3. The molecule has 0 spiro atoms. The number of aromatic nitrogens is 2. The normalized spacial score (nSPS) is 12.6. The Bertz CT molecular complexity index is 1120. The highest BCUT2D eigenvalue weighted by Gasteiger charge is 2.29. The number of hydrogen-bond acceptors (Lipinski definition) is 4. The number of anilines is 3. The first-order valence-electron chi connectivity index (χ1n) is 8.66. The molecule has 8 heteroatoms. The second-order valence-electron chi connectivity index (χ2n) is 6.63. The summed E-state index contributed by atoms with van der Waals surface area (Å²) in [6.45, 7) is 2.09. The Morgan fingerprint density at radius 3 is 2.68 bits per heavy atom. The van der Waals surface area contributed by atoms with Gasteiger partial charge in [-0.1, -0.05) is 12.1 Å². The van der Waals surface area contributed by atoms with Crippen molar-refractivity contribution in [3.63, 3.8) is 0 Å². The SMILES string of the molecule is Cc1nn(C)c2c1CN(C(=O)c1ccc(C(N)=O)cc1F)c1ccccc1N2. The van der Waals surface area contributed by atoms with E-state index in [0.717, 1.165) is 23.1 Å². The Morgan fingerprint density at radius 2 is 1.96 bits per heavy atom. The van der Waals surface area contributed by atoms with Crippen molar-refractivity contribution in [2.24, 2.45) is 12.8 Å². The van der Waals surface area contributed by atoms with Gasteiger partial charge in [0.25, 0.3) is 5.91 Å². The smallest absolute Gasteiger partial charge is 0.261 e. The van der Waals surface area contributed by atoms with Crippen molar-refractivity contribution in [3.8, 4) is 0 Å². The van der Waals surface area contributed by atoms with E-state index in [1.54, 1.807) is 10.7 Å². The third-order valence-electron chi connectivity index (χ3n) is 4.84. The molecular weight excluding hydrogens is 361 g/mol. The molecule has 0 saturated carbocycles. The number of halogens is 1. The molecule has 7 nitrogen and oxygen atoms in total. The Balaban J connectivity index is 1.83. The van der Waals surface area contributed by atoms with Crippen molar-refractivity contribution in [1.29, 1.82) is 0 Å². The third kappa shape index (κ3) is 2.79. The van der Waals surface area contributed by atoms with Crippen LogP contribution in [0.1, 0.15) is 32.0 Å². The number of aryl methyl sites for hydroxylation is 2. The summed E-state index contributed by atoms with van der Waals surface area (Å²) in [4.78, 5) is 26.0. The predicted molar refractivity (Wildman–Crippen MR) is 103 cm³/mol. The number of para-hydroxylation sites is 2. The van der Waals surface area contributed by atoms with Crippen LogP contribution in [0.2, 0.25) is 0 Å². The molecule has 4 rings (SSSR count). The summed E-state index contributed by atoms with van der Waals surface area (Å²) < 4.78 is 16.3. The fourth-order valence-electron chi connectivity index (χ4n) is 3.40. The summed E-state index contributed by atoms with van der Waals surface area (Å²) in [6, 6.07) is 10.9. The first-order valence-corrected chi connectivity index (χ1v) is 8.66. The fourth-order valence-corrected chi connectivity index (χ4v) is 3.40. The van der Waals surface area contributed by atoms with Gasteiger partial charge in [-0.3, -0.25) is 14.3 Å². The molecule has 0 fully saturated rings. The minimum Gasteiger partial charge on any atom is -0.366 e. The van der Waals surface area contributed by atoms with Crippen LogP contribution in [0.4, 0.5) is 21.6 Å². The van der Waals surface area contributed by atoms with Crippen molar-refractivity contribution in [2.45, 2.75) is 13.5 Å². The molecular formula is C20H18FN5O2. The zero-order valence-electron chi connectivity index (χ0n) is 15.4. The van der Waals surface area contributed by atoms with Gasteiger partial charge in [0.2, 0.25) is 5.91 Å². The number of amides is 2. The lowest BCUT2D eigenvalue weighted by Gasteiger charge is -2.23. The van der Waals surface area contributed by atoms with Crippen LogP contribution < -0.4 is 16.0 Å². The van der Waals surface area contributed by atoms with E-state index in [-0.39, 0.29) is 17.7 Å². The van der Waals surface area contributed by atoms with Gasteiger partial charge in [0.1, 0.15) is 11.6 Å². The van der Waals surface area contributed by atoms with Gasteiger partial charge < -0.3 is 16.0 Å². The fraction of sp³-hybridized carbons (Fsp3) is 0.150. The summed E-state index contributed by atoms with van der Waals surface area (Å²) in [5, 5.41) is 7.73. The van der Waals surface area contributed by atoms with Crippen LogP contribution in [0.25, 0.3) is 0 Å². The Morgan fingerprint density at radius 1 is 1.21 bits per heavy atom. The summed E-state index contributed by atoms with van der Waals surface area (Å²) in [5.41, 5.74) is 8.03. The molecule has 0 radical (unpaired) electrons. The van der Waals surface area contributed by atoms with Crippen molar-refractivity contribution in [1.82, 2.24) is 9.78 Å². The molecule has 3 aromatic rings. The molecule has 142 valence electrons. The van der Waals surface area contributed by atoms with Crippen LogP contribution in [0.3, 0.4) is 0 Å². The average Bonchev–Trinajstić information content (AvgIpc) is 2.83. The molecule has 1 aliphatic rings. The van der Waals surface area contributed by atoms with E-state index in [1.807, 2.05) is 32.2 Å². The molecule has 1 aliphatic heterocycles. The van der Waals surface area contributed by atoms with Crippen LogP contribution >= 0.6 is 0 Å². The number of hydrogen-bond donors (Lipinski definition) is 2. The quantitative estimate of drug-likeness (QED) is 0.716. The van der Waals surface area contributed by atoms with E-state index in [4.69, 9.17) is 5.73 Å². The molecule has 0 unspecified atom stereocenters. The molecule has 0 saturated heterocycles. The van der Waals surface area contributed by atoms with E-state index in [9.17, 15) is 14.0 Å². The van der Waals surface area contributed by atoms with Crippen molar-refractivity contribution >= 4 is 29.0 Å². The Labute approximate surface area is 160 Å². The topological polar surface area (TPSA) is 93.2 Å². The van der Waals surface area contributed by atoms with E-state index in [1.165, 1.54) is 17.0 Å². The average molecular weight is 379 g/mol. The maximum atomic E-state index is 14.6. The highest BCUT2D eigenvalue weighted by atomic mass is 19.1. The standard InChI is InChI=1S/C20H18FN5O2/c1-11-14-10-26(20(28)13-8-7-12(18(22)27)9-15(13)21)17-6-4-3-5-16(17)23-19(14)25(2)24-11/h3-9,23H,10H2,1-2H3,(H2,22,27). The Kier molecular flexibility index (Phi) is 4.11. The molecule has 28 heavy (non-hydrogen) atoms. The van der Waals surface area contributed by atoms with Crippen molar-refractivity contribution in [2.75, 3.05) is 10.2 Å². The largest absolute Gasteiger partial charge is 0.366 e. The van der Waals surface area contributed by atoms with Crippen LogP contribution in [0.5, 0.6) is 0 Å². The monoisotopic (exact) mass is 379 g/mol. The number of nitrogens with two attached hydrogens (primary N) is 1. The van der Waals surface area contributed by atoms with Crippen LogP contribution in [0, 0.1) is 12.7 Å². The second-order valence-corrected chi connectivity index (χ2v) is 6.63. The van der Waals surface area contributed by atoms with Gasteiger partial charge in [0, 0.05) is 18.2 Å². The lowest BCUT2D eigenvalue weighted by Crippen LogP contribution is -2.31. The minimum atomic E-state index is -0.792. The van der Waals surface area contributed by atoms with Gasteiger partial charge in [-0.15, -0.1) is 0 Å². The molecule has 3 N–H and O–H groups in total.